The summed E-state index contributed by atoms with van der Waals surface area (Å²) in [5, 5.41) is 9.73. The van der Waals surface area contributed by atoms with Crippen LogP contribution in [0.1, 0.15) is 31.4 Å². The third-order valence-electron chi connectivity index (χ3n) is 3.46. The molecule has 0 aliphatic carbocycles. The van der Waals surface area contributed by atoms with E-state index in [0.717, 1.165) is 37.3 Å². The highest BCUT2D eigenvalue weighted by atomic mass is 16.3. The van der Waals surface area contributed by atoms with Crippen LogP contribution in [0.3, 0.4) is 0 Å². The van der Waals surface area contributed by atoms with Crippen LogP contribution in [-0.4, -0.2) is 29.1 Å². The fourth-order valence-electron chi connectivity index (χ4n) is 2.38. The molecule has 1 fully saturated rings. The third-order valence-corrected chi connectivity index (χ3v) is 3.46. The monoisotopic (exact) mass is 249 g/mol. The zero-order valence-electron chi connectivity index (χ0n) is 10.5. The average molecular weight is 249 g/mol. The molecule has 0 radical (unpaired) electrons. The van der Waals surface area contributed by atoms with Crippen molar-refractivity contribution in [3.8, 4) is 0 Å². The number of aromatic nitrogens is 1. The lowest BCUT2D eigenvalue weighted by Crippen LogP contribution is -2.39. The van der Waals surface area contributed by atoms with Gasteiger partial charge < -0.3 is 15.7 Å². The van der Waals surface area contributed by atoms with E-state index in [9.17, 15) is 9.90 Å². The Morgan fingerprint density at radius 1 is 1.56 bits per heavy atom. The predicted molar refractivity (Wildman–Crippen MR) is 69.0 cm³/mol. The molecule has 1 unspecified atom stereocenters. The van der Waals surface area contributed by atoms with E-state index in [4.69, 9.17) is 5.73 Å². The second-order valence-electron chi connectivity index (χ2n) is 4.76. The number of nitrogens with zero attached hydrogens (tertiary/aromatic N) is 2. The number of rotatable bonds is 3. The van der Waals surface area contributed by atoms with Gasteiger partial charge in [0, 0.05) is 30.8 Å². The second-order valence-corrected chi connectivity index (χ2v) is 4.76. The summed E-state index contributed by atoms with van der Waals surface area (Å²) in [7, 11) is 0. The van der Waals surface area contributed by atoms with Gasteiger partial charge in [-0.1, -0.05) is 6.07 Å². The molecule has 3 N–H and O–H groups in total. The quantitative estimate of drug-likeness (QED) is 0.831. The summed E-state index contributed by atoms with van der Waals surface area (Å²) >= 11 is 0. The maximum absolute atomic E-state index is 11.1. The number of carbonyl (C=O) groups excluding carboxylic acids is 1. The van der Waals surface area contributed by atoms with Gasteiger partial charge in [-0.15, -0.1) is 0 Å². The van der Waals surface area contributed by atoms with Crippen LogP contribution < -0.4 is 10.6 Å². The van der Waals surface area contributed by atoms with Gasteiger partial charge in [0.15, 0.2) is 0 Å². The lowest BCUT2D eigenvalue weighted by molar-refractivity contribution is -0.122. The van der Waals surface area contributed by atoms with Crippen LogP contribution in [0.2, 0.25) is 0 Å². The van der Waals surface area contributed by atoms with E-state index < -0.39 is 6.10 Å². The van der Waals surface area contributed by atoms with Crippen LogP contribution in [0.4, 0.5) is 5.82 Å². The Morgan fingerprint density at radius 3 is 2.78 bits per heavy atom. The molecule has 1 amide bonds. The summed E-state index contributed by atoms with van der Waals surface area (Å²) in [5.41, 5.74) is 6.15. The molecule has 5 nitrogen and oxygen atoms in total. The minimum absolute atomic E-state index is 0.0278. The first-order valence-electron chi connectivity index (χ1n) is 6.27. The fourth-order valence-corrected chi connectivity index (χ4v) is 2.38. The molecule has 1 aromatic heterocycles. The van der Waals surface area contributed by atoms with E-state index in [1.807, 2.05) is 12.1 Å². The number of hydrogen-bond donors (Lipinski definition) is 2. The number of amides is 1. The molecule has 0 spiro atoms. The van der Waals surface area contributed by atoms with Crippen molar-refractivity contribution in [2.24, 2.45) is 11.7 Å². The molecule has 0 bridgehead atoms. The summed E-state index contributed by atoms with van der Waals surface area (Å²) in [5.74, 6) is 0.571. The standard InChI is InChI=1S/C13H19N3O2/c1-9(17)11-3-2-6-15-13(11)16-7-4-10(5-8-16)12(14)18/h2-3,6,9-10,17H,4-5,7-8H2,1H3,(H2,14,18). The summed E-state index contributed by atoms with van der Waals surface area (Å²) in [6, 6.07) is 3.70. The van der Waals surface area contributed by atoms with Crippen molar-refractivity contribution < 1.29 is 9.90 Å². The van der Waals surface area contributed by atoms with Crippen molar-refractivity contribution in [2.45, 2.75) is 25.9 Å². The maximum Gasteiger partial charge on any atom is 0.220 e. The van der Waals surface area contributed by atoms with Crippen molar-refractivity contribution in [1.82, 2.24) is 4.98 Å². The molecule has 98 valence electrons. The highest BCUT2D eigenvalue weighted by Gasteiger charge is 2.25. The van der Waals surface area contributed by atoms with Crippen molar-refractivity contribution in [1.29, 1.82) is 0 Å². The lowest BCUT2D eigenvalue weighted by atomic mass is 9.96. The van der Waals surface area contributed by atoms with Gasteiger partial charge in [-0.2, -0.15) is 0 Å². The molecule has 0 aromatic carbocycles. The second kappa shape index (κ2) is 5.35. The van der Waals surface area contributed by atoms with Gasteiger partial charge >= 0.3 is 0 Å². The van der Waals surface area contributed by atoms with Gasteiger partial charge in [-0.3, -0.25) is 4.79 Å². The minimum Gasteiger partial charge on any atom is -0.389 e. The number of carbonyl (C=O) groups is 1. The van der Waals surface area contributed by atoms with Gasteiger partial charge in [0.1, 0.15) is 5.82 Å². The van der Waals surface area contributed by atoms with Gasteiger partial charge in [-0.25, -0.2) is 4.98 Å². The van der Waals surface area contributed by atoms with Crippen molar-refractivity contribution in [3.63, 3.8) is 0 Å². The lowest BCUT2D eigenvalue weighted by Gasteiger charge is -2.33. The zero-order valence-corrected chi connectivity index (χ0v) is 10.5. The molecule has 2 heterocycles. The van der Waals surface area contributed by atoms with E-state index in [1.54, 1.807) is 13.1 Å². The number of aliphatic hydroxyl groups excluding tert-OH is 1. The summed E-state index contributed by atoms with van der Waals surface area (Å²) < 4.78 is 0. The van der Waals surface area contributed by atoms with Crippen LogP contribution in [0.15, 0.2) is 18.3 Å². The van der Waals surface area contributed by atoms with E-state index in [1.165, 1.54) is 0 Å². The Morgan fingerprint density at radius 2 is 2.22 bits per heavy atom. The molecule has 5 heteroatoms. The van der Waals surface area contributed by atoms with Crippen LogP contribution in [0, 0.1) is 5.92 Å². The SMILES string of the molecule is CC(O)c1cccnc1N1CCC(C(N)=O)CC1. The number of aliphatic hydroxyl groups is 1. The Kier molecular flexibility index (Phi) is 3.81. The van der Waals surface area contributed by atoms with Crippen molar-refractivity contribution >= 4 is 11.7 Å². The van der Waals surface area contributed by atoms with Gasteiger partial charge in [0.05, 0.1) is 6.10 Å². The number of piperidine rings is 1. The zero-order chi connectivity index (χ0) is 13.1. The average Bonchev–Trinajstić information content (AvgIpc) is 2.39. The Balaban J connectivity index is 2.12. The Bertz CT molecular complexity index is 426. The molecule has 1 aromatic rings. The third kappa shape index (κ3) is 2.61. The van der Waals surface area contributed by atoms with Gasteiger partial charge in [-0.05, 0) is 25.8 Å². The Hall–Kier alpha value is -1.62. The molecule has 18 heavy (non-hydrogen) atoms. The first-order valence-corrected chi connectivity index (χ1v) is 6.27. The topological polar surface area (TPSA) is 79.5 Å². The van der Waals surface area contributed by atoms with Crippen molar-refractivity contribution in [3.05, 3.63) is 23.9 Å². The molecule has 1 atom stereocenters. The van der Waals surface area contributed by atoms with E-state index >= 15 is 0 Å². The summed E-state index contributed by atoms with van der Waals surface area (Å²) in [6.45, 7) is 3.24. The summed E-state index contributed by atoms with van der Waals surface area (Å²) in [6.07, 6.45) is 2.69. The van der Waals surface area contributed by atoms with Crippen LogP contribution in [0.5, 0.6) is 0 Å². The van der Waals surface area contributed by atoms with Gasteiger partial charge in [0.2, 0.25) is 5.91 Å². The number of pyridine rings is 1. The molecule has 1 aliphatic rings. The highest BCUT2D eigenvalue weighted by molar-refractivity contribution is 5.77. The van der Waals surface area contributed by atoms with E-state index in [0.29, 0.717) is 0 Å². The normalized spacial score (nSPS) is 18.7. The highest BCUT2D eigenvalue weighted by Crippen LogP contribution is 2.27. The van der Waals surface area contributed by atoms with Crippen LogP contribution in [0.25, 0.3) is 0 Å². The number of primary amides is 1. The predicted octanol–water partition coefficient (Wildman–Crippen LogP) is 0.837. The molecular weight excluding hydrogens is 230 g/mol. The van der Waals surface area contributed by atoms with Gasteiger partial charge in [0.25, 0.3) is 0 Å². The number of hydrogen-bond acceptors (Lipinski definition) is 4. The molecule has 2 rings (SSSR count). The van der Waals surface area contributed by atoms with Crippen LogP contribution in [-0.2, 0) is 4.79 Å². The largest absolute Gasteiger partial charge is 0.389 e. The van der Waals surface area contributed by atoms with E-state index in [2.05, 4.69) is 9.88 Å². The minimum atomic E-state index is -0.539. The number of anilines is 1. The Labute approximate surface area is 107 Å². The molecule has 1 saturated heterocycles. The first kappa shape index (κ1) is 12.8. The molecule has 0 saturated carbocycles. The fraction of sp³-hybridized carbons (Fsp3) is 0.538. The maximum atomic E-state index is 11.1. The summed E-state index contributed by atoms with van der Waals surface area (Å²) in [4.78, 5) is 17.6. The number of nitrogens with two attached hydrogens (primary N) is 1. The molecular formula is C13H19N3O2. The van der Waals surface area contributed by atoms with Crippen molar-refractivity contribution in [2.75, 3.05) is 18.0 Å². The van der Waals surface area contributed by atoms with Crippen LogP contribution >= 0.6 is 0 Å². The smallest absolute Gasteiger partial charge is 0.220 e. The van der Waals surface area contributed by atoms with E-state index in [-0.39, 0.29) is 11.8 Å². The first-order chi connectivity index (χ1) is 8.59. The molecule has 1 aliphatic heterocycles.